The van der Waals surface area contributed by atoms with Crippen LogP contribution in [0.4, 0.5) is 5.82 Å². The predicted molar refractivity (Wildman–Crippen MR) is 141 cm³/mol. The number of benzene rings is 1. The number of hydrogen-bond donors (Lipinski definition) is 1. The highest BCUT2D eigenvalue weighted by Gasteiger charge is 2.29. The van der Waals surface area contributed by atoms with Gasteiger partial charge in [-0.25, -0.2) is 18.4 Å². The summed E-state index contributed by atoms with van der Waals surface area (Å²) in [6.45, 7) is 5.48. The molecule has 3 aromatic rings. The van der Waals surface area contributed by atoms with E-state index in [-0.39, 0.29) is 0 Å². The second-order valence-corrected chi connectivity index (χ2v) is 11.9. The zero-order valence-electron chi connectivity index (χ0n) is 20.8. The molecule has 1 N–H and O–H groups in total. The third-order valence-electron chi connectivity index (χ3n) is 7.40. The van der Waals surface area contributed by atoms with Gasteiger partial charge in [0, 0.05) is 57.4 Å². The summed E-state index contributed by atoms with van der Waals surface area (Å²) in [5.74, 6) is 1.44. The summed E-state index contributed by atoms with van der Waals surface area (Å²) < 4.78 is 29.0. The Morgan fingerprint density at radius 1 is 0.972 bits per heavy atom. The Hall–Kier alpha value is -2.75. The van der Waals surface area contributed by atoms with Crippen LogP contribution < -0.4 is 4.90 Å². The highest BCUT2D eigenvalue weighted by Crippen LogP contribution is 2.28. The van der Waals surface area contributed by atoms with Gasteiger partial charge in [-0.15, -0.1) is 0 Å². The molecule has 2 aromatic heterocycles. The largest absolute Gasteiger partial charge is 0.354 e. The lowest BCUT2D eigenvalue weighted by atomic mass is 9.89. The SMILES string of the molecule is O=S(=O)(c1ccc(CN2CCN(c3ccccn3)CC2)cc1)N(Cc1cnc[nH]1)CC1CCCCC1. The molecular formula is C27H36N6O2S. The minimum atomic E-state index is -3.61. The first-order chi connectivity index (χ1) is 17.6. The summed E-state index contributed by atoms with van der Waals surface area (Å²) in [5.41, 5.74) is 1.95. The molecule has 1 aromatic carbocycles. The summed E-state index contributed by atoms with van der Waals surface area (Å²) in [6, 6.07) is 13.5. The molecule has 36 heavy (non-hydrogen) atoms. The van der Waals surface area contributed by atoms with Gasteiger partial charge in [-0.1, -0.05) is 37.5 Å². The Morgan fingerprint density at radius 2 is 1.75 bits per heavy atom. The lowest BCUT2D eigenvalue weighted by Gasteiger charge is -2.35. The summed E-state index contributed by atoms with van der Waals surface area (Å²) in [6.07, 6.45) is 11.0. The van der Waals surface area contributed by atoms with Gasteiger partial charge < -0.3 is 9.88 Å². The van der Waals surface area contributed by atoms with E-state index in [9.17, 15) is 8.42 Å². The van der Waals surface area contributed by atoms with E-state index < -0.39 is 10.0 Å². The molecule has 1 saturated heterocycles. The fourth-order valence-corrected chi connectivity index (χ4v) is 6.81. The Bertz CT molecular complexity index is 1170. The Balaban J connectivity index is 1.22. The minimum absolute atomic E-state index is 0.321. The molecule has 1 aliphatic heterocycles. The van der Waals surface area contributed by atoms with Crippen molar-refractivity contribution in [3.05, 3.63) is 72.4 Å². The van der Waals surface area contributed by atoms with E-state index in [2.05, 4.69) is 30.8 Å². The van der Waals surface area contributed by atoms with E-state index in [1.807, 2.05) is 30.5 Å². The van der Waals surface area contributed by atoms with Crippen LogP contribution in [0.2, 0.25) is 0 Å². The number of aromatic nitrogens is 3. The fraction of sp³-hybridized carbons (Fsp3) is 0.481. The second-order valence-electron chi connectivity index (χ2n) is 9.97. The maximum Gasteiger partial charge on any atom is 0.243 e. The molecule has 192 valence electrons. The molecule has 9 heteroatoms. The Labute approximate surface area is 214 Å². The molecule has 3 heterocycles. The number of aromatic amines is 1. The van der Waals surface area contributed by atoms with Crippen LogP contribution in [0.25, 0.3) is 0 Å². The van der Waals surface area contributed by atoms with E-state index in [1.165, 1.54) is 19.3 Å². The zero-order valence-corrected chi connectivity index (χ0v) is 21.6. The molecule has 0 bridgehead atoms. The molecule has 0 spiro atoms. The molecule has 0 unspecified atom stereocenters. The van der Waals surface area contributed by atoms with Crippen LogP contribution in [-0.2, 0) is 23.1 Å². The van der Waals surface area contributed by atoms with Gasteiger partial charge in [-0.2, -0.15) is 4.31 Å². The maximum atomic E-state index is 13.7. The van der Waals surface area contributed by atoms with Crippen molar-refractivity contribution in [2.45, 2.75) is 50.1 Å². The van der Waals surface area contributed by atoms with Gasteiger partial charge in [0.15, 0.2) is 0 Å². The number of pyridine rings is 1. The van der Waals surface area contributed by atoms with Crippen LogP contribution in [-0.4, -0.2) is 65.3 Å². The quantitative estimate of drug-likeness (QED) is 0.472. The van der Waals surface area contributed by atoms with Crippen LogP contribution in [0.3, 0.4) is 0 Å². The number of hydrogen-bond acceptors (Lipinski definition) is 6. The Morgan fingerprint density at radius 3 is 2.42 bits per heavy atom. The van der Waals surface area contributed by atoms with Gasteiger partial charge in [0.2, 0.25) is 10.0 Å². The van der Waals surface area contributed by atoms with Gasteiger partial charge in [0.1, 0.15) is 5.82 Å². The van der Waals surface area contributed by atoms with Crippen LogP contribution in [0.5, 0.6) is 0 Å². The van der Waals surface area contributed by atoms with Gasteiger partial charge in [0.05, 0.1) is 17.8 Å². The summed E-state index contributed by atoms with van der Waals surface area (Å²) in [5, 5.41) is 0. The molecule has 1 saturated carbocycles. The van der Waals surface area contributed by atoms with Crippen LogP contribution in [0.1, 0.15) is 43.4 Å². The van der Waals surface area contributed by atoms with Crippen LogP contribution in [0, 0.1) is 5.92 Å². The van der Waals surface area contributed by atoms with Crippen molar-refractivity contribution < 1.29 is 8.42 Å². The lowest BCUT2D eigenvalue weighted by Crippen LogP contribution is -2.46. The van der Waals surface area contributed by atoms with E-state index >= 15 is 0 Å². The molecule has 0 atom stereocenters. The number of H-pyrrole nitrogens is 1. The van der Waals surface area contributed by atoms with Gasteiger partial charge >= 0.3 is 0 Å². The molecule has 2 aliphatic rings. The third kappa shape index (κ3) is 6.14. The maximum absolute atomic E-state index is 13.7. The topological polar surface area (TPSA) is 85.4 Å². The summed E-state index contributed by atoms with van der Waals surface area (Å²) in [7, 11) is -3.61. The van der Waals surface area contributed by atoms with Gasteiger partial charge in [0.25, 0.3) is 0 Å². The number of anilines is 1. The van der Waals surface area contributed by atoms with E-state index in [0.717, 1.165) is 62.6 Å². The number of piperazine rings is 1. The van der Waals surface area contributed by atoms with Crippen LogP contribution >= 0.6 is 0 Å². The first-order valence-corrected chi connectivity index (χ1v) is 14.5. The van der Waals surface area contributed by atoms with E-state index in [1.54, 1.807) is 29.0 Å². The van der Waals surface area contributed by atoms with Crippen molar-refractivity contribution in [2.75, 3.05) is 37.6 Å². The first-order valence-electron chi connectivity index (χ1n) is 13.0. The predicted octanol–water partition coefficient (Wildman–Crippen LogP) is 3.90. The third-order valence-corrected chi connectivity index (χ3v) is 9.23. The fourth-order valence-electron chi connectivity index (χ4n) is 5.32. The number of sulfonamides is 1. The summed E-state index contributed by atoms with van der Waals surface area (Å²) in [4.78, 5) is 16.7. The molecule has 5 rings (SSSR count). The van der Waals surface area contributed by atoms with Crippen molar-refractivity contribution >= 4 is 15.8 Å². The van der Waals surface area contributed by atoms with Crippen molar-refractivity contribution in [3.8, 4) is 0 Å². The zero-order chi connectivity index (χ0) is 24.8. The molecule has 2 fully saturated rings. The minimum Gasteiger partial charge on any atom is -0.354 e. The number of rotatable bonds is 9. The molecular weight excluding hydrogens is 472 g/mol. The Kier molecular flexibility index (Phi) is 7.99. The molecule has 0 amide bonds. The van der Waals surface area contributed by atoms with Crippen molar-refractivity contribution in [1.29, 1.82) is 0 Å². The summed E-state index contributed by atoms with van der Waals surface area (Å²) >= 11 is 0. The standard InChI is InChI=1S/C27H36N6O2S/c34-36(35,33(21-25-18-28-22-30-25)20-23-6-2-1-3-7-23)26-11-9-24(10-12-26)19-31-14-16-32(17-15-31)27-8-4-5-13-29-27/h4-5,8-13,18,22-23H,1-3,6-7,14-17,19-21H2,(H,28,30). The average molecular weight is 509 g/mol. The van der Waals surface area contributed by atoms with E-state index in [0.29, 0.717) is 23.9 Å². The van der Waals surface area contributed by atoms with Crippen LogP contribution in [0.15, 0.2) is 66.1 Å². The van der Waals surface area contributed by atoms with Crippen molar-refractivity contribution in [1.82, 2.24) is 24.2 Å². The smallest absolute Gasteiger partial charge is 0.243 e. The number of nitrogens with zero attached hydrogens (tertiary/aromatic N) is 5. The average Bonchev–Trinajstić information content (AvgIpc) is 3.44. The highest BCUT2D eigenvalue weighted by molar-refractivity contribution is 7.89. The molecule has 0 radical (unpaired) electrons. The van der Waals surface area contributed by atoms with E-state index in [4.69, 9.17) is 0 Å². The first kappa shape index (κ1) is 24.9. The second kappa shape index (κ2) is 11.5. The number of imidazole rings is 1. The number of nitrogens with one attached hydrogen (secondary N) is 1. The lowest BCUT2D eigenvalue weighted by molar-refractivity contribution is 0.249. The monoisotopic (exact) mass is 508 g/mol. The van der Waals surface area contributed by atoms with Gasteiger partial charge in [-0.05, 0) is 48.6 Å². The van der Waals surface area contributed by atoms with Crippen molar-refractivity contribution in [3.63, 3.8) is 0 Å². The normalized spacial score (nSPS) is 18.1. The van der Waals surface area contributed by atoms with Gasteiger partial charge in [-0.3, -0.25) is 4.90 Å². The highest BCUT2D eigenvalue weighted by atomic mass is 32.2. The molecule has 8 nitrogen and oxygen atoms in total. The molecule has 1 aliphatic carbocycles. The van der Waals surface area contributed by atoms with Crippen molar-refractivity contribution in [2.24, 2.45) is 5.92 Å².